The number of benzene rings is 1. The number of carbonyl (C=O) groups is 1. The van der Waals surface area contributed by atoms with E-state index in [1.54, 1.807) is 4.90 Å². The van der Waals surface area contributed by atoms with Crippen molar-refractivity contribution in [3.05, 3.63) is 29.8 Å². The van der Waals surface area contributed by atoms with E-state index >= 15 is 0 Å². The van der Waals surface area contributed by atoms with Crippen LogP contribution in [0.3, 0.4) is 0 Å². The fraction of sp³-hybridized carbons (Fsp3) is 0.588. The first kappa shape index (κ1) is 18.0. The minimum atomic E-state index is -4.44. The van der Waals surface area contributed by atoms with Crippen LogP contribution >= 0.6 is 0 Å². The van der Waals surface area contributed by atoms with Gasteiger partial charge in [0.25, 0.3) is 5.91 Å². The molecule has 0 spiro atoms. The van der Waals surface area contributed by atoms with Crippen LogP contribution in [0.1, 0.15) is 18.4 Å². The third-order valence-electron chi connectivity index (χ3n) is 4.37. The molecule has 25 heavy (non-hydrogen) atoms. The highest BCUT2D eigenvalue weighted by molar-refractivity contribution is 5.77. The summed E-state index contributed by atoms with van der Waals surface area (Å²) in [5.74, 6) is -0.104. The van der Waals surface area contributed by atoms with Crippen LogP contribution in [0.4, 0.5) is 13.2 Å². The van der Waals surface area contributed by atoms with Gasteiger partial charge >= 0.3 is 6.18 Å². The number of halogens is 3. The molecule has 1 unspecified atom stereocenters. The summed E-state index contributed by atoms with van der Waals surface area (Å²) in [7, 11) is 0. The van der Waals surface area contributed by atoms with Crippen LogP contribution in [-0.2, 0) is 20.4 Å². The number of carbonyl (C=O) groups excluding carboxylic acids is 1. The lowest BCUT2D eigenvalue weighted by molar-refractivity contribution is -0.141. The predicted octanol–water partition coefficient (Wildman–Crippen LogP) is 2.70. The first-order valence-electron chi connectivity index (χ1n) is 8.24. The van der Waals surface area contributed by atoms with Crippen molar-refractivity contribution < 1.29 is 32.2 Å². The molecular weight excluding hydrogens is 339 g/mol. The summed E-state index contributed by atoms with van der Waals surface area (Å²) in [4.78, 5) is 14.0. The predicted molar refractivity (Wildman–Crippen MR) is 81.9 cm³/mol. The third-order valence-corrected chi connectivity index (χ3v) is 4.37. The largest absolute Gasteiger partial charge is 0.484 e. The Morgan fingerprint density at radius 1 is 1.28 bits per heavy atom. The Morgan fingerprint density at radius 3 is 2.76 bits per heavy atom. The van der Waals surface area contributed by atoms with Crippen molar-refractivity contribution in [3.63, 3.8) is 0 Å². The molecule has 8 heteroatoms. The molecular formula is C17H20F3NO4. The van der Waals surface area contributed by atoms with E-state index < -0.39 is 11.7 Å². The lowest BCUT2D eigenvalue weighted by atomic mass is 9.97. The number of likely N-dealkylation sites (tertiary alicyclic amines) is 1. The summed E-state index contributed by atoms with van der Waals surface area (Å²) >= 11 is 0. The highest BCUT2D eigenvalue weighted by Gasteiger charge is 2.33. The fourth-order valence-corrected chi connectivity index (χ4v) is 3.11. The van der Waals surface area contributed by atoms with Crippen LogP contribution in [0.2, 0.25) is 0 Å². The molecule has 0 saturated carbocycles. The fourth-order valence-electron chi connectivity index (χ4n) is 3.11. The first-order chi connectivity index (χ1) is 11.9. The van der Waals surface area contributed by atoms with E-state index in [1.807, 2.05) is 0 Å². The molecule has 1 atom stereocenters. The normalized spacial score (nSPS) is 22.2. The second kappa shape index (κ2) is 7.61. The summed E-state index contributed by atoms with van der Waals surface area (Å²) < 4.78 is 54.3. The van der Waals surface area contributed by atoms with E-state index in [-0.39, 0.29) is 30.5 Å². The minimum Gasteiger partial charge on any atom is -0.484 e. The molecule has 2 aliphatic heterocycles. The molecule has 1 aromatic carbocycles. The Kier molecular flexibility index (Phi) is 5.48. The summed E-state index contributed by atoms with van der Waals surface area (Å²) in [6.45, 7) is 1.95. The van der Waals surface area contributed by atoms with Gasteiger partial charge in [0, 0.05) is 19.0 Å². The Labute approximate surface area is 143 Å². The van der Waals surface area contributed by atoms with Crippen molar-refractivity contribution in [2.45, 2.75) is 25.3 Å². The van der Waals surface area contributed by atoms with Crippen LogP contribution in [0.15, 0.2) is 24.3 Å². The van der Waals surface area contributed by atoms with Gasteiger partial charge in [0.1, 0.15) is 5.75 Å². The average Bonchev–Trinajstić information content (AvgIpc) is 3.14. The van der Waals surface area contributed by atoms with Gasteiger partial charge < -0.3 is 19.1 Å². The second-order valence-corrected chi connectivity index (χ2v) is 6.17. The van der Waals surface area contributed by atoms with Gasteiger partial charge in [-0.25, -0.2) is 0 Å². The van der Waals surface area contributed by atoms with E-state index in [0.717, 1.165) is 25.0 Å². The molecule has 2 aliphatic rings. The number of hydrogen-bond acceptors (Lipinski definition) is 4. The smallest absolute Gasteiger partial charge is 0.416 e. The SMILES string of the molecule is O=C(COc1cccc(C(F)(F)F)c1)N1CCCC(C2OCCO2)C1. The maximum Gasteiger partial charge on any atom is 0.416 e. The van der Waals surface area contributed by atoms with Crippen molar-refractivity contribution in [2.75, 3.05) is 32.9 Å². The molecule has 138 valence electrons. The number of amides is 1. The van der Waals surface area contributed by atoms with Gasteiger partial charge in [-0.1, -0.05) is 6.07 Å². The highest BCUT2D eigenvalue weighted by atomic mass is 19.4. The van der Waals surface area contributed by atoms with Crippen LogP contribution in [0.5, 0.6) is 5.75 Å². The lowest BCUT2D eigenvalue weighted by Gasteiger charge is -2.34. The van der Waals surface area contributed by atoms with Crippen molar-refractivity contribution in [3.8, 4) is 5.75 Å². The third kappa shape index (κ3) is 4.64. The maximum absolute atomic E-state index is 12.7. The molecule has 2 fully saturated rings. The zero-order chi connectivity index (χ0) is 17.9. The van der Waals surface area contributed by atoms with Crippen LogP contribution in [0, 0.1) is 5.92 Å². The maximum atomic E-state index is 12.7. The Hall–Kier alpha value is -1.80. The molecule has 0 aliphatic carbocycles. The Morgan fingerprint density at radius 2 is 2.04 bits per heavy atom. The number of alkyl halides is 3. The quantitative estimate of drug-likeness (QED) is 0.829. The molecule has 2 saturated heterocycles. The molecule has 3 rings (SSSR count). The van der Waals surface area contributed by atoms with Crippen molar-refractivity contribution >= 4 is 5.91 Å². The van der Waals surface area contributed by atoms with E-state index in [2.05, 4.69) is 0 Å². The molecule has 1 amide bonds. The number of ether oxygens (including phenoxy) is 3. The van der Waals surface area contributed by atoms with Gasteiger partial charge in [-0.15, -0.1) is 0 Å². The Balaban J connectivity index is 1.53. The number of hydrogen-bond donors (Lipinski definition) is 0. The molecule has 5 nitrogen and oxygen atoms in total. The van der Waals surface area contributed by atoms with Crippen LogP contribution in [-0.4, -0.2) is 50.0 Å². The number of rotatable bonds is 4. The molecule has 0 N–H and O–H groups in total. The summed E-state index contributed by atoms with van der Waals surface area (Å²) in [6, 6.07) is 4.52. The standard InChI is InChI=1S/C17H20F3NO4/c18-17(19,20)13-4-1-5-14(9-13)25-11-15(22)21-6-2-3-12(10-21)16-23-7-8-24-16/h1,4-5,9,12,16H,2-3,6-8,10-11H2. The van der Waals surface area contributed by atoms with Gasteiger partial charge in [0.2, 0.25) is 0 Å². The number of piperidine rings is 1. The monoisotopic (exact) mass is 359 g/mol. The molecule has 2 heterocycles. The second-order valence-electron chi connectivity index (χ2n) is 6.17. The molecule has 1 aromatic rings. The summed E-state index contributed by atoms with van der Waals surface area (Å²) in [5, 5.41) is 0. The van der Waals surface area contributed by atoms with Gasteiger partial charge in [0.05, 0.1) is 18.8 Å². The lowest BCUT2D eigenvalue weighted by Crippen LogP contribution is -2.45. The molecule has 0 bridgehead atoms. The van der Waals surface area contributed by atoms with Crippen LogP contribution in [0.25, 0.3) is 0 Å². The van der Waals surface area contributed by atoms with Gasteiger partial charge in [0.15, 0.2) is 12.9 Å². The van der Waals surface area contributed by atoms with E-state index in [4.69, 9.17) is 14.2 Å². The first-order valence-corrected chi connectivity index (χ1v) is 8.24. The zero-order valence-electron chi connectivity index (χ0n) is 13.6. The van der Waals surface area contributed by atoms with E-state index in [9.17, 15) is 18.0 Å². The molecule has 0 aromatic heterocycles. The number of nitrogens with zero attached hydrogens (tertiary/aromatic N) is 1. The van der Waals surface area contributed by atoms with Gasteiger partial charge in [-0.3, -0.25) is 4.79 Å². The Bertz CT molecular complexity index is 602. The average molecular weight is 359 g/mol. The topological polar surface area (TPSA) is 48.0 Å². The summed E-state index contributed by atoms with van der Waals surface area (Å²) in [6.07, 6.45) is -2.96. The summed E-state index contributed by atoms with van der Waals surface area (Å²) in [5.41, 5.74) is -0.800. The van der Waals surface area contributed by atoms with Crippen molar-refractivity contribution in [2.24, 2.45) is 5.92 Å². The minimum absolute atomic E-state index is 0.0270. The van der Waals surface area contributed by atoms with E-state index in [0.29, 0.717) is 26.3 Å². The highest BCUT2D eigenvalue weighted by Crippen LogP contribution is 2.31. The van der Waals surface area contributed by atoms with Gasteiger partial charge in [-0.05, 0) is 31.0 Å². The van der Waals surface area contributed by atoms with Crippen molar-refractivity contribution in [1.29, 1.82) is 0 Å². The van der Waals surface area contributed by atoms with Crippen LogP contribution < -0.4 is 4.74 Å². The zero-order valence-corrected chi connectivity index (χ0v) is 13.6. The van der Waals surface area contributed by atoms with E-state index in [1.165, 1.54) is 12.1 Å². The van der Waals surface area contributed by atoms with Gasteiger partial charge in [-0.2, -0.15) is 13.2 Å². The van der Waals surface area contributed by atoms with Crippen molar-refractivity contribution in [1.82, 2.24) is 4.90 Å². The molecule has 0 radical (unpaired) electrons.